The summed E-state index contributed by atoms with van der Waals surface area (Å²) in [4.78, 5) is 69.1. The Hall–Kier alpha value is -9.04. The van der Waals surface area contributed by atoms with Crippen molar-refractivity contribution in [3.8, 4) is 0 Å². The molecule has 84 heavy (non-hydrogen) atoms. The predicted octanol–water partition coefficient (Wildman–Crippen LogP) is 11.7. The molecule has 2 aliphatic rings. The van der Waals surface area contributed by atoms with Crippen LogP contribution in [0.2, 0.25) is 0 Å². The fraction of sp³-hybridized carbons (Fsp3) is 0.451. The molecule has 0 aromatic heterocycles. The zero-order chi connectivity index (χ0) is 64.1. The van der Waals surface area contributed by atoms with E-state index >= 15 is 0 Å². The molecule has 6 rings (SSSR count). The number of carbonyl (C=O) groups excluding carboxylic acids is 3. The number of ether oxygens (including phenoxy) is 5. The molecule has 3 amide bonds. The third-order valence-corrected chi connectivity index (χ3v) is 8.52. The zero-order valence-electron chi connectivity index (χ0n) is 49.6. The van der Waals surface area contributed by atoms with Gasteiger partial charge in [-0.25, -0.2) is 14.4 Å². The molecule has 33 heteroatoms. The minimum absolute atomic E-state index is 0. The van der Waals surface area contributed by atoms with E-state index in [1.54, 1.807) is 102 Å². The summed E-state index contributed by atoms with van der Waals surface area (Å²) in [6.45, 7) is 20.0. The summed E-state index contributed by atoms with van der Waals surface area (Å²) >= 11 is 0. The molecule has 4 aromatic rings. The number of aliphatic hydroxyl groups is 1. The number of amides is 3. The second-order valence-electron chi connectivity index (χ2n) is 18.7. The van der Waals surface area contributed by atoms with Gasteiger partial charge in [0.05, 0.1) is 26.1 Å². The number of anilines is 5. The molecule has 0 unspecified atom stereocenters. The van der Waals surface area contributed by atoms with Gasteiger partial charge < -0.3 is 59.4 Å². The van der Waals surface area contributed by atoms with E-state index in [0.29, 0.717) is 28.4 Å². The number of nitro benzene ring substituents is 3. The van der Waals surface area contributed by atoms with Gasteiger partial charge in [-0.3, -0.25) is 45.5 Å². The Bertz CT molecular complexity index is 2560. The van der Waals surface area contributed by atoms with Gasteiger partial charge in [-0.15, -0.1) is 5.53 Å². The molecule has 0 saturated carbocycles. The predicted molar refractivity (Wildman–Crippen MR) is 317 cm³/mol. The molecule has 2 heterocycles. The first kappa shape index (κ1) is 86.2. The second kappa shape index (κ2) is 48.7. The van der Waals surface area contributed by atoms with Crippen molar-refractivity contribution in [2.45, 2.75) is 105 Å². The number of aliphatic hydroxyl groups excluding tert-OH is 1. The minimum Gasteiger partial charge on any atom is -0.444 e. The molecule has 0 aliphatic carbocycles. The molecule has 11 N–H and O–H groups in total. The minimum atomic E-state index is -0.641. The number of hydrogen-bond acceptors (Lipinski definition) is 22. The number of nitrogens with zero attached hydrogens (tertiary/aromatic N) is 11. The number of hydrogen-bond donors (Lipinski definition) is 7. The number of nitrogens with two attached hydrogens (primary N) is 4. The molecule has 4 aromatic carbocycles. The number of non-ortho nitro benzene ring substituents is 3. The summed E-state index contributed by atoms with van der Waals surface area (Å²) in [6.07, 6.45) is 3.53. The van der Waals surface area contributed by atoms with E-state index in [2.05, 4.69) is 27.4 Å². The van der Waals surface area contributed by atoms with Crippen LogP contribution in [0, 0.1) is 54.1 Å². The Morgan fingerprint density at radius 2 is 0.929 bits per heavy atom. The molecule has 474 valence electrons. The Kier molecular flexibility index (Phi) is 49.9. The van der Waals surface area contributed by atoms with E-state index in [4.69, 9.17) is 62.1 Å². The van der Waals surface area contributed by atoms with Gasteiger partial charge >= 0.3 is 18.3 Å². The van der Waals surface area contributed by atoms with Gasteiger partial charge in [0.2, 0.25) is 0 Å². The van der Waals surface area contributed by atoms with Crippen LogP contribution < -0.4 is 38.3 Å². The Morgan fingerprint density at radius 1 is 0.631 bits per heavy atom. The molecule has 0 bridgehead atoms. The molecule has 2 saturated heterocycles. The van der Waals surface area contributed by atoms with Gasteiger partial charge in [0.25, 0.3) is 17.1 Å². The number of nitro groups is 3. The summed E-state index contributed by atoms with van der Waals surface area (Å²) in [5, 5.41) is 58.0. The number of rotatable bonds is 6. The number of nitrogens with one attached hydrogen (secondary N) is 2. The largest absolute Gasteiger partial charge is 0.444 e. The van der Waals surface area contributed by atoms with Crippen LogP contribution in [-0.2, 0) is 44.1 Å². The summed E-state index contributed by atoms with van der Waals surface area (Å²) in [5.41, 5.74) is 23.8. The number of carbonyl (C=O) groups is 3. The van der Waals surface area contributed by atoms with Crippen LogP contribution in [0.4, 0.5) is 59.9 Å². The quantitative estimate of drug-likeness (QED) is 0.00805. The van der Waals surface area contributed by atoms with Gasteiger partial charge in [-0.1, -0.05) is 34.7 Å². The fourth-order valence-electron chi connectivity index (χ4n) is 5.20. The van der Waals surface area contributed by atoms with Crippen molar-refractivity contribution in [2.24, 2.45) is 22.1 Å². The van der Waals surface area contributed by atoms with Crippen LogP contribution in [0.25, 0.3) is 10.4 Å². The molecule has 0 spiro atoms. The van der Waals surface area contributed by atoms with Gasteiger partial charge in [-0.2, -0.15) is 0 Å². The molecule has 0 radical (unpaired) electrons. The van der Waals surface area contributed by atoms with Crippen LogP contribution in [-0.4, -0.2) is 103 Å². The Labute approximate surface area is 504 Å². The maximum absolute atomic E-state index is 11.8. The normalized spacial score (nSPS) is 11.2. The number of benzene rings is 4. The molecule has 2 fully saturated rings. The van der Waals surface area contributed by atoms with Crippen LogP contribution in [0.1, 0.15) is 89.4 Å². The Morgan fingerprint density at radius 3 is 1.21 bits per heavy atom. The second-order valence-corrected chi connectivity index (χ2v) is 18.7. The maximum Gasteiger partial charge on any atom is 0.414 e. The average Bonchev–Trinajstić information content (AvgIpc) is 4.21. The van der Waals surface area contributed by atoms with Crippen LogP contribution >= 0.6 is 0 Å². The third-order valence-electron chi connectivity index (χ3n) is 8.52. The van der Waals surface area contributed by atoms with E-state index in [1.165, 1.54) is 91.1 Å². The Balaban J connectivity index is -0.000000171. The van der Waals surface area contributed by atoms with E-state index in [9.17, 15) is 44.7 Å². The summed E-state index contributed by atoms with van der Waals surface area (Å²) in [5.74, 6) is 8.72. The first-order valence-corrected chi connectivity index (χ1v) is 24.2. The first-order valence-electron chi connectivity index (χ1n) is 24.2. The molecule has 0 atom stereocenters. The zero-order valence-corrected chi connectivity index (χ0v) is 51.2. The van der Waals surface area contributed by atoms with Crippen molar-refractivity contribution in [1.82, 2.24) is 0 Å². The monoisotopic (exact) mass is 1280 g/mol. The molecular weight excluding hydrogens is 1200 g/mol. The smallest absolute Gasteiger partial charge is 0.414 e. The van der Waals surface area contributed by atoms with Gasteiger partial charge in [0.15, 0.2) is 0 Å². The molecule has 2 aliphatic heterocycles. The summed E-state index contributed by atoms with van der Waals surface area (Å²) in [6, 6.07) is 24.5. The van der Waals surface area contributed by atoms with Crippen molar-refractivity contribution in [1.29, 1.82) is 16.3 Å². The standard InChI is InChI=1S/C12H16N2O4.C12H18N2O2.C11H14N2O4.C6H6N2O2.2C4H8O.CH4O.CH3.H4N4.HN3.N2.Pd.H2/c1-12(2,3)18-11(15)13(4)9-6-5-7-10(8-9)14(16)17;1-12(2,3)16-11(15)14(4)10-7-5-6-9(13)8-10;1-11(2,3)17-10(14)12-8-5-4-6-9(7-8)13(15)16;7-5-2-1-3-6(4-5)8(9)10;2*1-2-4-5-3-1;1-2;;1-3-4-2;1-3-2;1-2;;/h5-8H,1-4H3;5-8H,13H2,1-4H3;4-7H,1-3H3,(H,12,14);1-4H,7H2;2*1-4H2;2H,1H3;1H3;(H2,1,4)(H2,2,3);1H;;;1H/q;;;;;;;-1;;;;;. The van der Waals surface area contributed by atoms with Crippen molar-refractivity contribution in [3.05, 3.63) is 145 Å². The topological polar surface area (TPSA) is 502 Å². The van der Waals surface area contributed by atoms with E-state index < -0.39 is 49.9 Å². The van der Waals surface area contributed by atoms with Crippen molar-refractivity contribution >= 4 is 63.8 Å². The number of nitrogen functional groups attached to an aromatic ring is 2. The van der Waals surface area contributed by atoms with Crippen molar-refractivity contribution < 1.29 is 79.8 Å². The van der Waals surface area contributed by atoms with Crippen LogP contribution in [0.15, 0.2) is 108 Å². The third kappa shape index (κ3) is 47.7. The van der Waals surface area contributed by atoms with Gasteiger partial charge in [0.1, 0.15) is 16.8 Å². The summed E-state index contributed by atoms with van der Waals surface area (Å²) in [7, 11) is 4.16. The van der Waals surface area contributed by atoms with E-state index in [-0.39, 0.29) is 46.3 Å². The van der Waals surface area contributed by atoms with E-state index in [1.807, 2.05) is 20.8 Å². The van der Waals surface area contributed by atoms with Gasteiger partial charge in [0, 0.05) is 134 Å². The SMILES string of the molecule is C1CCOC1.C1CCOC1.CC(C)(C)OC(=O)Nc1cccc([N+](=O)[O-])c1.CN(C(=O)OC(C)(C)C)c1cccc(N)c1.CN(C(=O)OC(C)(C)C)c1cccc([N+](=O)[O-])c1.CO.N#N.N/N=N/N.Nc1cccc([N+](=O)[O-])c1.[CH3-].[HH].[N-]=[N+]=N.[Pd]. The van der Waals surface area contributed by atoms with Gasteiger partial charge in [-0.05, 0) is 135 Å². The first-order chi connectivity index (χ1) is 38.3. The summed E-state index contributed by atoms with van der Waals surface area (Å²) < 4.78 is 25.3. The van der Waals surface area contributed by atoms with Crippen LogP contribution in [0.3, 0.4) is 0 Å². The average molecular weight is 1280 g/mol. The fourth-order valence-corrected chi connectivity index (χ4v) is 5.20. The van der Waals surface area contributed by atoms with Crippen molar-refractivity contribution in [2.75, 3.05) is 74.2 Å². The van der Waals surface area contributed by atoms with Crippen LogP contribution in [0.5, 0.6) is 0 Å². The molecule has 32 nitrogen and oxygen atoms in total. The van der Waals surface area contributed by atoms with Crippen molar-refractivity contribution in [3.63, 3.8) is 0 Å². The van der Waals surface area contributed by atoms with E-state index in [0.717, 1.165) is 33.5 Å². The molecular formula is C51H84N17O15Pd-. The maximum atomic E-state index is 11.8.